The SMILES string of the molecule is CCCC/C=C\C/C=C\CCCCCCCCOCC(COP(=O)(O)OC1C(O)C(O)C(O)C(O)C1O)OC(=O)CCCCCCCCCCCCCCCCCCCCCCC. The molecule has 0 amide bonds. The van der Waals surface area contributed by atoms with E-state index in [1.165, 1.54) is 135 Å². The molecule has 1 fully saturated rings. The van der Waals surface area contributed by atoms with E-state index in [0.717, 1.165) is 64.2 Å². The van der Waals surface area contributed by atoms with Crippen molar-refractivity contribution < 1.29 is 58.3 Å². The lowest BCUT2D eigenvalue weighted by Crippen LogP contribution is -2.64. The molecule has 1 rings (SSSR count). The van der Waals surface area contributed by atoms with Crippen molar-refractivity contribution in [1.82, 2.24) is 0 Å². The predicted molar refractivity (Wildman–Crippen MR) is 253 cm³/mol. The van der Waals surface area contributed by atoms with Crippen molar-refractivity contribution in [3.8, 4) is 0 Å². The van der Waals surface area contributed by atoms with Crippen LogP contribution in [0.15, 0.2) is 24.3 Å². The Hall–Kier alpha value is -1.18. The lowest BCUT2D eigenvalue weighted by Gasteiger charge is -2.41. The predicted octanol–water partition coefficient (Wildman–Crippen LogP) is 11.3. The van der Waals surface area contributed by atoms with Crippen molar-refractivity contribution in [2.24, 2.45) is 0 Å². The molecule has 6 atom stereocenters. The number of phosphoric acid groups is 1. The summed E-state index contributed by atoms with van der Waals surface area (Å²) in [6, 6.07) is 0. The highest BCUT2D eigenvalue weighted by Gasteiger charge is 2.51. The number of carbonyl (C=O) groups is 1. The first kappa shape index (κ1) is 59.8. The van der Waals surface area contributed by atoms with Crippen molar-refractivity contribution >= 4 is 13.8 Å². The summed E-state index contributed by atoms with van der Waals surface area (Å²) in [6.45, 7) is 4.23. The third-order valence-electron chi connectivity index (χ3n) is 12.1. The Morgan fingerprint density at radius 3 is 1.38 bits per heavy atom. The number of rotatable bonds is 44. The standard InChI is InChI=1S/C50H95O12P/c1-3-5-7-9-11-13-15-17-19-20-21-22-23-24-25-27-29-31-33-35-37-39-44(51)61-43(42-60-63(57,58)62-50-48(55)46(53)45(52)47(54)49(50)56)41-59-40-38-36-34-32-30-28-26-18-16-14-12-10-8-6-4-2/h10,12,16,18,43,45-50,52-56H,3-9,11,13-15,17,19-42H2,1-2H3,(H,57,58)/b12-10-,18-16-. The molecule has 0 aromatic rings. The van der Waals surface area contributed by atoms with Gasteiger partial charge in [0.05, 0.1) is 13.2 Å². The Kier molecular flexibility index (Phi) is 39.0. The van der Waals surface area contributed by atoms with E-state index in [4.69, 9.17) is 18.5 Å². The van der Waals surface area contributed by atoms with Crippen molar-refractivity contribution in [3.63, 3.8) is 0 Å². The zero-order valence-corrected chi connectivity index (χ0v) is 40.8. The van der Waals surface area contributed by atoms with Crippen LogP contribution >= 0.6 is 7.82 Å². The molecule has 1 saturated carbocycles. The molecular weight excluding hydrogens is 824 g/mol. The molecule has 372 valence electrons. The van der Waals surface area contributed by atoms with E-state index in [1.54, 1.807) is 0 Å². The largest absolute Gasteiger partial charge is 0.472 e. The van der Waals surface area contributed by atoms with Crippen LogP contribution in [0.4, 0.5) is 0 Å². The Morgan fingerprint density at radius 2 is 0.905 bits per heavy atom. The highest BCUT2D eigenvalue weighted by atomic mass is 31.2. The van der Waals surface area contributed by atoms with Crippen LogP contribution in [0, 0.1) is 0 Å². The van der Waals surface area contributed by atoms with Crippen LogP contribution < -0.4 is 0 Å². The summed E-state index contributed by atoms with van der Waals surface area (Å²) in [5.74, 6) is -0.477. The minimum absolute atomic E-state index is 0.0799. The normalized spacial score (nSPS) is 22.0. The van der Waals surface area contributed by atoms with E-state index in [-0.39, 0.29) is 13.0 Å². The molecule has 0 spiro atoms. The fourth-order valence-electron chi connectivity index (χ4n) is 7.96. The van der Waals surface area contributed by atoms with Gasteiger partial charge in [0.25, 0.3) is 0 Å². The highest BCUT2D eigenvalue weighted by Crippen LogP contribution is 2.47. The molecule has 12 nitrogen and oxygen atoms in total. The lowest BCUT2D eigenvalue weighted by molar-refractivity contribution is -0.220. The van der Waals surface area contributed by atoms with Gasteiger partial charge in [0.2, 0.25) is 0 Å². The summed E-state index contributed by atoms with van der Waals surface area (Å²) in [7, 11) is -5.02. The third kappa shape index (κ3) is 33.0. The van der Waals surface area contributed by atoms with Crippen LogP contribution in [0.2, 0.25) is 0 Å². The second-order valence-corrected chi connectivity index (χ2v) is 19.4. The van der Waals surface area contributed by atoms with Gasteiger partial charge in [-0.05, 0) is 38.5 Å². The van der Waals surface area contributed by atoms with E-state index in [1.807, 2.05) is 0 Å². The zero-order valence-electron chi connectivity index (χ0n) is 39.9. The molecule has 0 saturated heterocycles. The van der Waals surface area contributed by atoms with Gasteiger partial charge >= 0.3 is 13.8 Å². The van der Waals surface area contributed by atoms with Crippen LogP contribution in [0.5, 0.6) is 0 Å². The first-order valence-corrected chi connectivity index (χ1v) is 27.2. The minimum atomic E-state index is -5.02. The number of aliphatic hydroxyl groups excluding tert-OH is 5. The summed E-state index contributed by atoms with van der Waals surface area (Å²) in [5, 5.41) is 50.3. The Bertz CT molecular complexity index is 1140. The first-order valence-electron chi connectivity index (χ1n) is 25.7. The average molecular weight is 919 g/mol. The summed E-state index contributed by atoms with van der Waals surface area (Å²) < 4.78 is 34.3. The summed E-state index contributed by atoms with van der Waals surface area (Å²) in [6.07, 6.45) is 35.3. The van der Waals surface area contributed by atoms with Crippen LogP contribution in [0.25, 0.3) is 0 Å². The van der Waals surface area contributed by atoms with E-state index in [9.17, 15) is 39.8 Å². The maximum atomic E-state index is 12.8. The number of aliphatic hydroxyl groups is 5. The second kappa shape index (κ2) is 41.0. The van der Waals surface area contributed by atoms with E-state index >= 15 is 0 Å². The monoisotopic (exact) mass is 919 g/mol. The van der Waals surface area contributed by atoms with Crippen molar-refractivity contribution in [3.05, 3.63) is 24.3 Å². The number of carbonyl (C=O) groups excluding carboxylic acids is 1. The highest BCUT2D eigenvalue weighted by molar-refractivity contribution is 7.47. The molecule has 63 heavy (non-hydrogen) atoms. The summed E-state index contributed by atoms with van der Waals surface area (Å²) in [4.78, 5) is 23.2. The fraction of sp³-hybridized carbons (Fsp3) is 0.900. The minimum Gasteiger partial charge on any atom is -0.457 e. The summed E-state index contributed by atoms with van der Waals surface area (Å²) >= 11 is 0. The molecule has 0 aliphatic heterocycles. The molecule has 0 radical (unpaired) electrons. The third-order valence-corrected chi connectivity index (χ3v) is 13.1. The van der Waals surface area contributed by atoms with E-state index in [0.29, 0.717) is 13.0 Å². The number of phosphoric ester groups is 1. The average Bonchev–Trinajstić information content (AvgIpc) is 3.27. The molecule has 0 heterocycles. The Labute approximate surface area is 383 Å². The number of esters is 1. The summed E-state index contributed by atoms with van der Waals surface area (Å²) in [5.41, 5.74) is 0. The van der Waals surface area contributed by atoms with Crippen LogP contribution in [0.1, 0.15) is 226 Å². The van der Waals surface area contributed by atoms with E-state index in [2.05, 4.69) is 38.2 Å². The first-order chi connectivity index (χ1) is 30.5. The van der Waals surface area contributed by atoms with Gasteiger partial charge in [-0.1, -0.05) is 205 Å². The van der Waals surface area contributed by atoms with E-state index < -0.39 is 63.1 Å². The van der Waals surface area contributed by atoms with Gasteiger partial charge in [0.1, 0.15) is 42.7 Å². The molecule has 6 unspecified atom stereocenters. The molecule has 0 bridgehead atoms. The number of unbranched alkanes of at least 4 members (excludes halogenated alkanes) is 28. The Morgan fingerprint density at radius 1 is 0.508 bits per heavy atom. The van der Waals surface area contributed by atoms with Crippen molar-refractivity contribution in [2.75, 3.05) is 19.8 Å². The van der Waals surface area contributed by atoms with Crippen molar-refractivity contribution in [2.45, 2.75) is 268 Å². The number of hydrogen-bond donors (Lipinski definition) is 6. The van der Waals surface area contributed by atoms with Gasteiger partial charge in [0.15, 0.2) is 0 Å². The van der Waals surface area contributed by atoms with Crippen molar-refractivity contribution in [1.29, 1.82) is 0 Å². The Balaban J connectivity index is 2.32. The molecule has 1 aliphatic rings. The van der Waals surface area contributed by atoms with Gasteiger partial charge in [-0.3, -0.25) is 13.8 Å². The number of allylic oxidation sites excluding steroid dienone is 4. The molecule has 0 aromatic carbocycles. The number of ether oxygens (including phenoxy) is 2. The second-order valence-electron chi connectivity index (χ2n) is 18.0. The van der Waals surface area contributed by atoms with Gasteiger partial charge in [0, 0.05) is 13.0 Å². The topological polar surface area (TPSA) is 192 Å². The maximum Gasteiger partial charge on any atom is 0.472 e. The quantitative estimate of drug-likeness (QED) is 0.0147. The molecule has 6 N–H and O–H groups in total. The van der Waals surface area contributed by atoms with Crippen LogP contribution in [-0.4, -0.2) is 98.9 Å². The lowest BCUT2D eigenvalue weighted by atomic mass is 9.85. The maximum absolute atomic E-state index is 12.8. The molecule has 1 aliphatic carbocycles. The zero-order chi connectivity index (χ0) is 46.2. The van der Waals surface area contributed by atoms with Gasteiger partial charge < -0.3 is 39.9 Å². The molecule has 13 heteroatoms. The smallest absolute Gasteiger partial charge is 0.457 e. The molecular formula is C50H95O12P. The van der Waals surface area contributed by atoms with Crippen LogP contribution in [0.3, 0.4) is 0 Å². The molecule has 0 aromatic heterocycles. The van der Waals surface area contributed by atoms with Gasteiger partial charge in [-0.15, -0.1) is 0 Å². The van der Waals surface area contributed by atoms with Crippen LogP contribution in [-0.2, 0) is 27.9 Å². The fourth-order valence-corrected chi connectivity index (χ4v) is 8.93. The number of hydrogen-bond acceptors (Lipinski definition) is 11. The van der Waals surface area contributed by atoms with Gasteiger partial charge in [-0.2, -0.15) is 0 Å². The van der Waals surface area contributed by atoms with Gasteiger partial charge in [-0.25, -0.2) is 4.57 Å².